The van der Waals surface area contributed by atoms with Gasteiger partial charge in [-0.3, -0.25) is 9.36 Å². The fraction of sp³-hybridized carbons (Fsp3) is 0.292. The number of nitrogens with one attached hydrogen (secondary N) is 1. The molecule has 3 rings (SSSR count). The first-order valence-corrected chi connectivity index (χ1v) is 11.2. The van der Waals surface area contributed by atoms with Crippen molar-refractivity contribution in [2.24, 2.45) is 0 Å². The molecule has 8 heteroatoms. The summed E-state index contributed by atoms with van der Waals surface area (Å²) in [6.07, 6.45) is 1.74. The van der Waals surface area contributed by atoms with E-state index in [1.807, 2.05) is 16.7 Å². The smallest absolute Gasteiger partial charge is 0.234 e. The van der Waals surface area contributed by atoms with Gasteiger partial charge in [0, 0.05) is 12.2 Å². The van der Waals surface area contributed by atoms with E-state index < -0.39 is 0 Å². The van der Waals surface area contributed by atoms with Gasteiger partial charge in [-0.15, -0.1) is 16.8 Å². The van der Waals surface area contributed by atoms with Crippen LogP contribution >= 0.6 is 11.8 Å². The van der Waals surface area contributed by atoms with Gasteiger partial charge >= 0.3 is 0 Å². The number of ether oxygens (including phenoxy) is 1. The maximum Gasteiger partial charge on any atom is 0.234 e. The SMILES string of the molecule is C=CCn1c(COc2ccc(C(C)(C)C)cc2)nnc1SCC(=O)Nc1ccc(F)cc1. The van der Waals surface area contributed by atoms with Crippen LogP contribution in [0.3, 0.4) is 0 Å². The van der Waals surface area contributed by atoms with Crippen LogP contribution in [0.4, 0.5) is 10.1 Å². The van der Waals surface area contributed by atoms with Crippen LogP contribution in [0, 0.1) is 5.82 Å². The zero-order chi connectivity index (χ0) is 23.1. The lowest BCUT2D eigenvalue weighted by Crippen LogP contribution is -2.15. The Morgan fingerprint density at radius 3 is 2.47 bits per heavy atom. The second-order valence-electron chi connectivity index (χ2n) is 8.20. The summed E-state index contributed by atoms with van der Waals surface area (Å²) in [6, 6.07) is 13.6. The molecular formula is C24H27FN4O2S. The molecule has 0 unspecified atom stereocenters. The number of anilines is 1. The molecule has 6 nitrogen and oxygen atoms in total. The zero-order valence-electron chi connectivity index (χ0n) is 18.5. The first-order valence-electron chi connectivity index (χ1n) is 10.2. The van der Waals surface area contributed by atoms with E-state index in [0.29, 0.717) is 23.2 Å². The van der Waals surface area contributed by atoms with Crippen LogP contribution in [0.25, 0.3) is 0 Å². The monoisotopic (exact) mass is 454 g/mol. The molecule has 1 N–H and O–H groups in total. The Balaban J connectivity index is 1.60. The highest BCUT2D eigenvalue weighted by molar-refractivity contribution is 7.99. The molecule has 1 aromatic heterocycles. The van der Waals surface area contributed by atoms with Crippen LogP contribution in [-0.4, -0.2) is 26.4 Å². The zero-order valence-corrected chi connectivity index (χ0v) is 19.3. The molecule has 0 saturated heterocycles. The molecule has 0 aliphatic carbocycles. The number of halogens is 1. The minimum Gasteiger partial charge on any atom is -0.486 e. The largest absolute Gasteiger partial charge is 0.486 e. The fourth-order valence-electron chi connectivity index (χ4n) is 2.90. The second kappa shape index (κ2) is 10.5. The molecule has 0 aliphatic rings. The number of hydrogen-bond acceptors (Lipinski definition) is 5. The summed E-state index contributed by atoms with van der Waals surface area (Å²) in [7, 11) is 0. The molecule has 32 heavy (non-hydrogen) atoms. The highest BCUT2D eigenvalue weighted by Crippen LogP contribution is 2.25. The van der Waals surface area contributed by atoms with E-state index in [9.17, 15) is 9.18 Å². The summed E-state index contributed by atoms with van der Waals surface area (Å²) >= 11 is 1.26. The van der Waals surface area contributed by atoms with Crippen molar-refractivity contribution in [3.63, 3.8) is 0 Å². The van der Waals surface area contributed by atoms with E-state index in [1.54, 1.807) is 6.08 Å². The molecule has 0 saturated carbocycles. The van der Waals surface area contributed by atoms with Gasteiger partial charge in [-0.25, -0.2) is 4.39 Å². The van der Waals surface area contributed by atoms with Crippen LogP contribution < -0.4 is 10.1 Å². The average Bonchev–Trinajstić information content (AvgIpc) is 3.14. The van der Waals surface area contributed by atoms with E-state index in [0.717, 1.165) is 5.75 Å². The van der Waals surface area contributed by atoms with E-state index in [2.05, 4.69) is 55.0 Å². The highest BCUT2D eigenvalue weighted by atomic mass is 32.2. The molecule has 0 radical (unpaired) electrons. The van der Waals surface area contributed by atoms with Gasteiger partial charge in [-0.2, -0.15) is 0 Å². The maximum absolute atomic E-state index is 13.0. The number of amides is 1. The minimum atomic E-state index is -0.352. The van der Waals surface area contributed by atoms with Crippen molar-refractivity contribution in [3.05, 3.63) is 78.4 Å². The van der Waals surface area contributed by atoms with Gasteiger partial charge in [0.25, 0.3) is 0 Å². The van der Waals surface area contributed by atoms with Crippen LogP contribution in [0.1, 0.15) is 32.2 Å². The summed E-state index contributed by atoms with van der Waals surface area (Å²) in [6.45, 7) is 11.0. The van der Waals surface area contributed by atoms with E-state index in [4.69, 9.17) is 4.74 Å². The molecular weight excluding hydrogens is 427 g/mol. The van der Waals surface area contributed by atoms with Gasteiger partial charge in [-0.1, -0.05) is 50.7 Å². The Morgan fingerprint density at radius 2 is 1.84 bits per heavy atom. The Bertz CT molecular complexity index is 1060. The van der Waals surface area contributed by atoms with Gasteiger partial charge in [-0.05, 0) is 47.4 Å². The fourth-order valence-corrected chi connectivity index (χ4v) is 3.67. The lowest BCUT2D eigenvalue weighted by molar-refractivity contribution is -0.113. The van der Waals surface area contributed by atoms with Crippen LogP contribution in [-0.2, 0) is 23.4 Å². The van der Waals surface area contributed by atoms with E-state index in [1.165, 1.54) is 41.6 Å². The molecule has 2 aromatic carbocycles. The number of nitrogens with zero attached hydrogens (tertiary/aromatic N) is 3. The first kappa shape index (κ1) is 23.5. The van der Waals surface area contributed by atoms with Crippen molar-refractivity contribution in [2.75, 3.05) is 11.1 Å². The second-order valence-corrected chi connectivity index (χ2v) is 9.15. The number of carbonyl (C=O) groups is 1. The Labute approximate surface area is 191 Å². The van der Waals surface area contributed by atoms with Gasteiger partial charge < -0.3 is 10.1 Å². The van der Waals surface area contributed by atoms with E-state index >= 15 is 0 Å². The molecule has 1 amide bonds. The van der Waals surface area contributed by atoms with E-state index in [-0.39, 0.29) is 29.5 Å². The third kappa shape index (κ3) is 6.43. The summed E-state index contributed by atoms with van der Waals surface area (Å²) in [5, 5.41) is 11.8. The number of aromatic nitrogens is 3. The topological polar surface area (TPSA) is 69.0 Å². The Morgan fingerprint density at radius 1 is 1.16 bits per heavy atom. The standard InChI is InChI=1S/C24H27FN4O2S/c1-5-14-29-21(15-31-20-12-6-17(7-13-20)24(2,3)4)27-28-23(29)32-16-22(30)26-19-10-8-18(25)9-11-19/h5-13H,1,14-16H2,2-4H3,(H,26,30). The Hall–Kier alpha value is -3.13. The van der Waals surface area contributed by atoms with Crippen LogP contribution in [0.2, 0.25) is 0 Å². The third-order valence-electron chi connectivity index (χ3n) is 4.65. The summed E-state index contributed by atoms with van der Waals surface area (Å²) in [5.41, 5.74) is 1.85. The molecule has 0 fully saturated rings. The number of hydrogen-bond donors (Lipinski definition) is 1. The number of rotatable bonds is 9. The van der Waals surface area contributed by atoms with Crippen LogP contribution in [0.15, 0.2) is 66.3 Å². The molecule has 0 aliphatic heterocycles. The normalized spacial score (nSPS) is 11.2. The Kier molecular flexibility index (Phi) is 7.69. The van der Waals surface area contributed by atoms with Crippen molar-refractivity contribution in [1.82, 2.24) is 14.8 Å². The third-order valence-corrected chi connectivity index (χ3v) is 5.62. The van der Waals surface area contributed by atoms with Gasteiger partial charge in [0.2, 0.25) is 5.91 Å². The number of benzene rings is 2. The van der Waals surface area contributed by atoms with Crippen molar-refractivity contribution in [1.29, 1.82) is 0 Å². The summed E-state index contributed by atoms with van der Waals surface area (Å²) < 4.78 is 20.8. The number of thioether (sulfide) groups is 1. The number of carbonyl (C=O) groups excluding carboxylic acids is 1. The predicted molar refractivity (Wildman–Crippen MR) is 125 cm³/mol. The van der Waals surface area contributed by atoms with Crippen molar-refractivity contribution < 1.29 is 13.9 Å². The van der Waals surface area contributed by atoms with Crippen molar-refractivity contribution >= 4 is 23.4 Å². The van der Waals surface area contributed by atoms with Crippen LogP contribution in [0.5, 0.6) is 5.75 Å². The summed E-state index contributed by atoms with van der Waals surface area (Å²) in [4.78, 5) is 12.2. The molecule has 168 valence electrons. The maximum atomic E-state index is 13.0. The quantitative estimate of drug-likeness (QED) is 0.355. The average molecular weight is 455 g/mol. The van der Waals surface area contributed by atoms with Gasteiger partial charge in [0.05, 0.1) is 5.75 Å². The van der Waals surface area contributed by atoms with Gasteiger partial charge in [0.15, 0.2) is 11.0 Å². The van der Waals surface area contributed by atoms with Gasteiger partial charge in [0.1, 0.15) is 18.2 Å². The lowest BCUT2D eigenvalue weighted by atomic mass is 9.87. The molecule has 0 spiro atoms. The molecule has 3 aromatic rings. The molecule has 0 bridgehead atoms. The number of allylic oxidation sites excluding steroid dienone is 1. The van der Waals surface area contributed by atoms with Crippen molar-refractivity contribution in [3.8, 4) is 5.75 Å². The van der Waals surface area contributed by atoms with Crippen molar-refractivity contribution in [2.45, 2.75) is 44.5 Å². The molecule has 1 heterocycles. The predicted octanol–water partition coefficient (Wildman–Crippen LogP) is 5.21. The summed E-state index contributed by atoms with van der Waals surface area (Å²) in [5.74, 6) is 0.966. The molecule has 0 atom stereocenters. The minimum absolute atomic E-state index is 0.0811. The lowest BCUT2D eigenvalue weighted by Gasteiger charge is -2.19. The first-order chi connectivity index (χ1) is 15.3. The highest BCUT2D eigenvalue weighted by Gasteiger charge is 2.16.